The SMILES string of the molecule is CNCc1nccc(NCc2ccccc2F)n1. The number of hydrogen-bond acceptors (Lipinski definition) is 4. The number of halogens is 1. The molecular formula is C13H15FN4. The third kappa shape index (κ3) is 3.24. The van der Waals surface area contributed by atoms with E-state index in [0.717, 1.165) is 0 Å². The zero-order valence-electron chi connectivity index (χ0n) is 10.2. The van der Waals surface area contributed by atoms with Gasteiger partial charge >= 0.3 is 0 Å². The molecule has 0 radical (unpaired) electrons. The average Bonchev–Trinajstić information content (AvgIpc) is 2.39. The molecule has 0 saturated heterocycles. The normalized spacial score (nSPS) is 10.3. The minimum absolute atomic E-state index is 0.213. The fourth-order valence-electron chi connectivity index (χ4n) is 1.57. The van der Waals surface area contributed by atoms with E-state index in [9.17, 15) is 4.39 Å². The Balaban J connectivity index is 2.02. The molecule has 1 heterocycles. The summed E-state index contributed by atoms with van der Waals surface area (Å²) in [5.74, 6) is 1.18. The number of benzene rings is 1. The van der Waals surface area contributed by atoms with Gasteiger partial charge in [0, 0.05) is 18.3 Å². The lowest BCUT2D eigenvalue weighted by Gasteiger charge is -2.07. The van der Waals surface area contributed by atoms with E-state index in [1.165, 1.54) is 6.07 Å². The fraction of sp³-hybridized carbons (Fsp3) is 0.231. The quantitative estimate of drug-likeness (QED) is 0.846. The average molecular weight is 246 g/mol. The summed E-state index contributed by atoms with van der Waals surface area (Å²) in [5, 5.41) is 6.06. The summed E-state index contributed by atoms with van der Waals surface area (Å²) in [6, 6.07) is 8.45. The molecule has 0 aliphatic carbocycles. The molecule has 2 N–H and O–H groups in total. The maximum absolute atomic E-state index is 13.4. The standard InChI is InChI=1S/C13H15FN4/c1-15-9-13-16-7-6-12(18-13)17-8-10-4-2-3-5-11(10)14/h2-7,15H,8-9H2,1H3,(H,16,17,18). The molecular weight excluding hydrogens is 231 g/mol. The molecule has 0 bridgehead atoms. The molecule has 2 aromatic rings. The number of nitrogens with zero attached hydrogens (tertiary/aromatic N) is 2. The number of hydrogen-bond donors (Lipinski definition) is 2. The Bertz CT molecular complexity index is 516. The fourth-order valence-corrected chi connectivity index (χ4v) is 1.57. The molecule has 1 aromatic heterocycles. The summed E-state index contributed by atoms with van der Waals surface area (Å²) in [6.45, 7) is 1.01. The molecule has 18 heavy (non-hydrogen) atoms. The second-order valence-electron chi connectivity index (χ2n) is 3.83. The summed E-state index contributed by atoms with van der Waals surface area (Å²) in [4.78, 5) is 8.41. The van der Waals surface area contributed by atoms with Gasteiger partial charge in [-0.05, 0) is 19.2 Å². The summed E-state index contributed by atoms with van der Waals surface area (Å²) in [6.07, 6.45) is 1.68. The van der Waals surface area contributed by atoms with Gasteiger partial charge in [0.15, 0.2) is 0 Å². The summed E-state index contributed by atoms with van der Waals surface area (Å²) >= 11 is 0. The maximum atomic E-state index is 13.4. The predicted molar refractivity (Wildman–Crippen MR) is 68.5 cm³/mol. The second-order valence-corrected chi connectivity index (χ2v) is 3.83. The van der Waals surface area contributed by atoms with Crippen molar-refractivity contribution in [2.45, 2.75) is 13.1 Å². The van der Waals surface area contributed by atoms with Gasteiger partial charge in [0.25, 0.3) is 0 Å². The highest BCUT2D eigenvalue weighted by molar-refractivity contribution is 5.34. The van der Waals surface area contributed by atoms with E-state index >= 15 is 0 Å². The van der Waals surface area contributed by atoms with Gasteiger partial charge in [-0.25, -0.2) is 14.4 Å². The minimum Gasteiger partial charge on any atom is -0.366 e. The van der Waals surface area contributed by atoms with Gasteiger partial charge in [-0.2, -0.15) is 0 Å². The smallest absolute Gasteiger partial charge is 0.144 e. The molecule has 4 nitrogen and oxygen atoms in total. The molecule has 0 atom stereocenters. The van der Waals surface area contributed by atoms with Crippen molar-refractivity contribution in [3.8, 4) is 0 Å². The predicted octanol–water partition coefficient (Wildman–Crippen LogP) is 1.95. The highest BCUT2D eigenvalue weighted by Crippen LogP contribution is 2.09. The lowest BCUT2D eigenvalue weighted by atomic mass is 10.2. The monoisotopic (exact) mass is 246 g/mol. The summed E-state index contributed by atoms with van der Waals surface area (Å²) < 4.78 is 13.4. The Kier molecular flexibility index (Phi) is 4.20. The van der Waals surface area contributed by atoms with Crippen LogP contribution in [-0.2, 0) is 13.1 Å². The van der Waals surface area contributed by atoms with Gasteiger partial charge in [-0.15, -0.1) is 0 Å². The van der Waals surface area contributed by atoms with E-state index in [-0.39, 0.29) is 5.82 Å². The van der Waals surface area contributed by atoms with E-state index < -0.39 is 0 Å². The van der Waals surface area contributed by atoms with Crippen LogP contribution in [0.5, 0.6) is 0 Å². The van der Waals surface area contributed by atoms with Crippen molar-refractivity contribution in [2.24, 2.45) is 0 Å². The molecule has 0 aliphatic rings. The molecule has 94 valence electrons. The van der Waals surface area contributed by atoms with Crippen molar-refractivity contribution in [3.05, 3.63) is 53.7 Å². The molecule has 0 spiro atoms. The van der Waals surface area contributed by atoms with Crippen LogP contribution in [0.4, 0.5) is 10.2 Å². The molecule has 0 amide bonds. The Morgan fingerprint density at radius 1 is 1.17 bits per heavy atom. The number of aromatic nitrogens is 2. The first kappa shape index (κ1) is 12.4. The third-order valence-corrected chi connectivity index (χ3v) is 2.46. The molecule has 0 saturated carbocycles. The van der Waals surface area contributed by atoms with E-state index in [2.05, 4.69) is 20.6 Å². The molecule has 0 aliphatic heterocycles. The number of rotatable bonds is 5. The highest BCUT2D eigenvalue weighted by Gasteiger charge is 2.02. The maximum Gasteiger partial charge on any atom is 0.144 e. The summed E-state index contributed by atoms with van der Waals surface area (Å²) in [5.41, 5.74) is 0.617. The Hall–Kier alpha value is -2.01. The lowest BCUT2D eigenvalue weighted by molar-refractivity contribution is 0.613. The van der Waals surface area contributed by atoms with Gasteiger partial charge in [0.05, 0.1) is 6.54 Å². The highest BCUT2D eigenvalue weighted by atomic mass is 19.1. The van der Waals surface area contributed by atoms with Crippen molar-refractivity contribution >= 4 is 5.82 Å². The summed E-state index contributed by atoms with van der Waals surface area (Å²) in [7, 11) is 1.84. The van der Waals surface area contributed by atoms with E-state index in [4.69, 9.17) is 0 Å². The first-order valence-corrected chi connectivity index (χ1v) is 5.73. The van der Waals surface area contributed by atoms with Crippen LogP contribution in [0.2, 0.25) is 0 Å². The van der Waals surface area contributed by atoms with E-state index in [0.29, 0.717) is 30.3 Å². The van der Waals surface area contributed by atoms with Crippen LogP contribution in [-0.4, -0.2) is 17.0 Å². The minimum atomic E-state index is -0.213. The zero-order chi connectivity index (χ0) is 12.8. The Morgan fingerprint density at radius 2 is 2.00 bits per heavy atom. The number of nitrogens with one attached hydrogen (secondary N) is 2. The third-order valence-electron chi connectivity index (χ3n) is 2.46. The van der Waals surface area contributed by atoms with Crippen molar-refractivity contribution < 1.29 is 4.39 Å². The van der Waals surface area contributed by atoms with Crippen LogP contribution in [0.25, 0.3) is 0 Å². The number of anilines is 1. The van der Waals surface area contributed by atoms with Gasteiger partial charge in [0.2, 0.25) is 0 Å². The van der Waals surface area contributed by atoms with Crippen LogP contribution in [0, 0.1) is 5.82 Å². The van der Waals surface area contributed by atoms with Crippen LogP contribution in [0.15, 0.2) is 36.5 Å². The largest absolute Gasteiger partial charge is 0.366 e. The molecule has 1 aromatic carbocycles. The van der Waals surface area contributed by atoms with Crippen molar-refractivity contribution in [3.63, 3.8) is 0 Å². The first-order chi connectivity index (χ1) is 8.79. The van der Waals surface area contributed by atoms with Crippen LogP contribution in [0.3, 0.4) is 0 Å². The Labute approximate surface area is 105 Å². The Morgan fingerprint density at radius 3 is 2.78 bits per heavy atom. The van der Waals surface area contributed by atoms with Crippen LogP contribution >= 0.6 is 0 Å². The second kappa shape index (κ2) is 6.07. The van der Waals surface area contributed by atoms with Gasteiger partial charge in [-0.1, -0.05) is 18.2 Å². The van der Waals surface area contributed by atoms with Crippen LogP contribution < -0.4 is 10.6 Å². The molecule has 0 fully saturated rings. The van der Waals surface area contributed by atoms with Gasteiger partial charge < -0.3 is 10.6 Å². The molecule has 0 unspecified atom stereocenters. The van der Waals surface area contributed by atoms with E-state index in [1.807, 2.05) is 13.1 Å². The van der Waals surface area contributed by atoms with Gasteiger partial charge in [-0.3, -0.25) is 0 Å². The van der Waals surface area contributed by atoms with Gasteiger partial charge in [0.1, 0.15) is 17.5 Å². The zero-order valence-corrected chi connectivity index (χ0v) is 10.2. The van der Waals surface area contributed by atoms with Crippen LogP contribution in [0.1, 0.15) is 11.4 Å². The van der Waals surface area contributed by atoms with Crippen molar-refractivity contribution in [2.75, 3.05) is 12.4 Å². The first-order valence-electron chi connectivity index (χ1n) is 5.73. The van der Waals surface area contributed by atoms with Crippen molar-refractivity contribution in [1.29, 1.82) is 0 Å². The molecule has 5 heteroatoms. The lowest BCUT2D eigenvalue weighted by Crippen LogP contribution is -2.11. The molecule has 2 rings (SSSR count). The van der Waals surface area contributed by atoms with E-state index in [1.54, 1.807) is 24.4 Å². The van der Waals surface area contributed by atoms with Crippen molar-refractivity contribution in [1.82, 2.24) is 15.3 Å². The topological polar surface area (TPSA) is 49.8 Å².